The number of rotatable bonds is 1. The molecule has 1 saturated carbocycles. The fourth-order valence-corrected chi connectivity index (χ4v) is 3.46. The molecule has 1 aromatic carbocycles. The summed E-state index contributed by atoms with van der Waals surface area (Å²) in [5.74, 6) is -0.626. The summed E-state index contributed by atoms with van der Waals surface area (Å²) in [4.78, 5) is 12.4. The van der Waals surface area contributed by atoms with Gasteiger partial charge in [-0.15, -0.1) is 0 Å². The lowest BCUT2D eigenvalue weighted by Gasteiger charge is -2.36. The Kier molecular flexibility index (Phi) is 3.30. The van der Waals surface area contributed by atoms with Gasteiger partial charge in [0.15, 0.2) is 0 Å². The first-order valence-corrected chi connectivity index (χ1v) is 7.21. The van der Waals surface area contributed by atoms with Crippen LogP contribution in [0.2, 0.25) is 0 Å². The normalized spacial score (nSPS) is 27.1. The van der Waals surface area contributed by atoms with Gasteiger partial charge in [-0.25, -0.2) is 0 Å². The van der Waals surface area contributed by atoms with Crippen LogP contribution in [-0.2, 0) is 11.0 Å². The minimum absolute atomic E-state index is 0.00283. The molecule has 1 aliphatic heterocycles. The number of carbonyl (C=O) groups excluding carboxylic acids is 1. The quantitative estimate of drug-likeness (QED) is 0.864. The van der Waals surface area contributed by atoms with Crippen molar-refractivity contribution in [1.29, 1.82) is 0 Å². The highest BCUT2D eigenvalue weighted by Crippen LogP contribution is 2.41. The monoisotopic (exact) mass is 310 g/mol. The Balaban J connectivity index is 2.00. The van der Waals surface area contributed by atoms with Crippen LogP contribution in [0.4, 0.5) is 13.2 Å². The summed E-state index contributed by atoms with van der Waals surface area (Å²) in [5, 5.41) is 4.09. The zero-order valence-corrected chi connectivity index (χ0v) is 12.4. The maximum atomic E-state index is 13.2. The van der Waals surface area contributed by atoms with Gasteiger partial charge in [-0.05, 0) is 17.9 Å². The molecular formula is C16H17F3N2O. The van der Waals surface area contributed by atoms with Gasteiger partial charge < -0.3 is 5.43 Å². The highest BCUT2D eigenvalue weighted by Gasteiger charge is 2.47. The molecule has 2 aliphatic rings. The molecule has 1 heterocycles. The Morgan fingerprint density at radius 3 is 2.64 bits per heavy atom. The van der Waals surface area contributed by atoms with Crippen LogP contribution >= 0.6 is 0 Å². The fraction of sp³-hybridized carbons (Fsp3) is 0.500. The minimum atomic E-state index is -4.46. The van der Waals surface area contributed by atoms with Gasteiger partial charge in [-0.1, -0.05) is 32.0 Å². The molecule has 118 valence electrons. The number of alkyl halides is 3. The number of fused-ring (bicyclic) bond motifs is 1. The number of nitrogens with one attached hydrogen (secondary N) is 1. The largest absolute Gasteiger partial charge is 0.417 e. The Bertz CT molecular complexity index is 649. The average molecular weight is 310 g/mol. The number of carbonyl (C=O) groups is 1. The van der Waals surface area contributed by atoms with Crippen molar-refractivity contribution < 1.29 is 18.0 Å². The first kappa shape index (κ1) is 15.1. The van der Waals surface area contributed by atoms with Crippen LogP contribution in [0.3, 0.4) is 0 Å². The molecule has 0 bridgehead atoms. The predicted octanol–water partition coefficient (Wildman–Crippen LogP) is 3.39. The van der Waals surface area contributed by atoms with Crippen molar-refractivity contribution in [2.75, 3.05) is 0 Å². The van der Waals surface area contributed by atoms with Gasteiger partial charge >= 0.3 is 6.18 Å². The van der Waals surface area contributed by atoms with Crippen LogP contribution in [0.1, 0.15) is 37.8 Å². The lowest BCUT2D eigenvalue weighted by Crippen LogP contribution is -2.45. The van der Waals surface area contributed by atoms with E-state index in [1.54, 1.807) is 0 Å². The summed E-state index contributed by atoms with van der Waals surface area (Å²) in [6.45, 7) is 3.98. The number of nitrogens with zero attached hydrogens (tertiary/aromatic N) is 1. The number of Topliss-reactive ketones (excluding diaryl/α,β-unsaturated/α-hetero) is 1. The number of hydrazone groups is 1. The summed E-state index contributed by atoms with van der Waals surface area (Å²) in [7, 11) is 0. The molecule has 0 aromatic heterocycles. The molecule has 0 radical (unpaired) electrons. The van der Waals surface area contributed by atoms with Crippen LogP contribution in [0.5, 0.6) is 0 Å². The lowest BCUT2D eigenvalue weighted by atomic mass is 9.68. The van der Waals surface area contributed by atoms with Gasteiger partial charge in [0, 0.05) is 12.0 Å². The van der Waals surface area contributed by atoms with Gasteiger partial charge in [0.1, 0.15) is 5.78 Å². The molecule has 6 heteroatoms. The smallest absolute Gasteiger partial charge is 0.306 e. The zero-order valence-electron chi connectivity index (χ0n) is 12.4. The molecule has 0 spiro atoms. The molecule has 3 nitrogen and oxygen atoms in total. The Morgan fingerprint density at radius 2 is 1.95 bits per heavy atom. The summed E-state index contributed by atoms with van der Waals surface area (Å²) in [5.41, 5.74) is 2.20. The Labute approximate surface area is 126 Å². The van der Waals surface area contributed by atoms with Gasteiger partial charge in [0.05, 0.1) is 23.2 Å². The summed E-state index contributed by atoms with van der Waals surface area (Å²) < 4.78 is 39.6. The SMILES string of the molecule is CC1(C)CC(=O)[C@H]2C(c3ccccc3C(F)(F)F)=NN[C@H]2C1. The van der Waals surface area contributed by atoms with Crippen molar-refractivity contribution >= 4 is 11.5 Å². The van der Waals surface area contributed by atoms with Gasteiger partial charge in [0.25, 0.3) is 0 Å². The second-order valence-corrected chi connectivity index (χ2v) is 6.77. The van der Waals surface area contributed by atoms with Crippen molar-refractivity contribution in [1.82, 2.24) is 5.43 Å². The van der Waals surface area contributed by atoms with E-state index in [-0.39, 0.29) is 28.5 Å². The van der Waals surface area contributed by atoms with Crippen molar-refractivity contribution in [3.8, 4) is 0 Å². The van der Waals surface area contributed by atoms with E-state index in [0.29, 0.717) is 12.8 Å². The van der Waals surface area contributed by atoms with E-state index in [4.69, 9.17) is 0 Å². The molecule has 1 aliphatic carbocycles. The number of hydrogen-bond acceptors (Lipinski definition) is 3. The number of ketones is 1. The second-order valence-electron chi connectivity index (χ2n) is 6.77. The fourth-order valence-electron chi connectivity index (χ4n) is 3.46. The predicted molar refractivity (Wildman–Crippen MR) is 76.4 cm³/mol. The van der Waals surface area contributed by atoms with E-state index in [1.807, 2.05) is 13.8 Å². The number of benzene rings is 1. The number of hydrogen-bond donors (Lipinski definition) is 1. The molecule has 1 aromatic rings. The van der Waals surface area contributed by atoms with E-state index in [0.717, 1.165) is 6.07 Å². The lowest BCUT2D eigenvalue weighted by molar-refractivity contribution is -0.138. The topological polar surface area (TPSA) is 41.5 Å². The third kappa shape index (κ3) is 2.51. The maximum absolute atomic E-state index is 13.2. The van der Waals surface area contributed by atoms with Crippen LogP contribution < -0.4 is 5.43 Å². The van der Waals surface area contributed by atoms with Crippen molar-refractivity contribution in [2.24, 2.45) is 16.4 Å². The zero-order chi connectivity index (χ0) is 16.1. The first-order chi connectivity index (χ1) is 10.2. The van der Waals surface area contributed by atoms with Gasteiger partial charge in [0.2, 0.25) is 0 Å². The van der Waals surface area contributed by atoms with Gasteiger partial charge in [-0.3, -0.25) is 4.79 Å². The molecule has 22 heavy (non-hydrogen) atoms. The molecule has 1 fully saturated rings. The van der Waals surface area contributed by atoms with E-state index in [9.17, 15) is 18.0 Å². The Hall–Kier alpha value is -1.85. The summed E-state index contributed by atoms with van der Waals surface area (Å²) in [6, 6.07) is 5.09. The Morgan fingerprint density at radius 1 is 1.27 bits per heavy atom. The first-order valence-electron chi connectivity index (χ1n) is 7.21. The molecule has 0 saturated heterocycles. The second kappa shape index (κ2) is 4.83. The van der Waals surface area contributed by atoms with Crippen molar-refractivity contribution in [3.63, 3.8) is 0 Å². The molecular weight excluding hydrogens is 293 g/mol. The molecule has 3 rings (SSSR count). The third-order valence-electron chi connectivity index (χ3n) is 4.33. The molecule has 0 unspecified atom stereocenters. The molecule has 0 amide bonds. The summed E-state index contributed by atoms with van der Waals surface area (Å²) in [6.07, 6.45) is -3.39. The van der Waals surface area contributed by atoms with Gasteiger partial charge in [-0.2, -0.15) is 18.3 Å². The van der Waals surface area contributed by atoms with Crippen LogP contribution in [-0.4, -0.2) is 17.5 Å². The summed E-state index contributed by atoms with van der Waals surface area (Å²) >= 11 is 0. The van der Waals surface area contributed by atoms with E-state index in [1.165, 1.54) is 18.2 Å². The number of halogens is 3. The highest BCUT2D eigenvalue weighted by atomic mass is 19.4. The molecule has 1 N–H and O–H groups in total. The van der Waals surface area contributed by atoms with E-state index >= 15 is 0 Å². The minimum Gasteiger partial charge on any atom is -0.306 e. The van der Waals surface area contributed by atoms with Crippen LogP contribution in [0.15, 0.2) is 29.4 Å². The van der Waals surface area contributed by atoms with Crippen molar-refractivity contribution in [2.45, 2.75) is 38.9 Å². The molecule has 2 atom stereocenters. The van der Waals surface area contributed by atoms with E-state index in [2.05, 4.69) is 10.5 Å². The standard InChI is InChI=1S/C16H17F3N2O/c1-15(2)7-11-13(12(22)8-15)14(21-20-11)9-5-3-4-6-10(9)16(17,18)19/h3-6,11,13,20H,7-8H2,1-2H3/t11-,13-/m0/s1. The van der Waals surface area contributed by atoms with Crippen LogP contribution in [0.25, 0.3) is 0 Å². The van der Waals surface area contributed by atoms with E-state index < -0.39 is 17.7 Å². The van der Waals surface area contributed by atoms with Crippen LogP contribution in [0, 0.1) is 11.3 Å². The average Bonchev–Trinajstić information content (AvgIpc) is 2.80. The highest BCUT2D eigenvalue weighted by molar-refractivity contribution is 6.16. The third-order valence-corrected chi connectivity index (χ3v) is 4.33. The van der Waals surface area contributed by atoms with Crippen molar-refractivity contribution in [3.05, 3.63) is 35.4 Å². The maximum Gasteiger partial charge on any atom is 0.417 e.